The number of fused-ring (bicyclic) bond motifs is 1. The Bertz CT molecular complexity index is 1160. The predicted octanol–water partition coefficient (Wildman–Crippen LogP) is 3.73. The van der Waals surface area contributed by atoms with Crippen LogP contribution in [0.4, 0.5) is 5.69 Å². The van der Waals surface area contributed by atoms with Gasteiger partial charge in [0.05, 0.1) is 35.7 Å². The van der Waals surface area contributed by atoms with Gasteiger partial charge in [-0.25, -0.2) is 14.5 Å². The lowest BCUT2D eigenvalue weighted by Gasteiger charge is -2.39. The molecule has 2 aromatic heterocycles. The van der Waals surface area contributed by atoms with Crippen LogP contribution in [0.1, 0.15) is 54.2 Å². The number of nitrogens with zero attached hydrogens (tertiary/aromatic N) is 4. The second-order valence-corrected chi connectivity index (χ2v) is 8.89. The Morgan fingerprint density at radius 3 is 2.44 bits per heavy atom. The van der Waals surface area contributed by atoms with Crippen LogP contribution in [0.3, 0.4) is 0 Å². The highest BCUT2D eigenvalue weighted by atomic mass is 16.7. The molecule has 4 heterocycles. The maximum absolute atomic E-state index is 12.0. The minimum atomic E-state index is -1.03. The van der Waals surface area contributed by atoms with Crippen LogP contribution in [0.5, 0.6) is 0 Å². The number of rotatable bonds is 4. The summed E-state index contributed by atoms with van der Waals surface area (Å²) in [7, 11) is 0. The fourth-order valence-corrected chi connectivity index (χ4v) is 5.07. The molecule has 2 saturated heterocycles. The smallest absolute Gasteiger partial charge is 0.354 e. The van der Waals surface area contributed by atoms with Gasteiger partial charge in [0.1, 0.15) is 0 Å². The molecule has 1 aliphatic carbocycles. The lowest BCUT2D eigenvalue weighted by Crippen LogP contribution is -2.45. The third-order valence-electron chi connectivity index (χ3n) is 7.04. The average Bonchev–Trinajstić information content (AvgIpc) is 3.38. The largest absolute Gasteiger partial charge is 0.477 e. The molecule has 3 aromatic rings. The number of pyridine rings is 1. The highest BCUT2D eigenvalue weighted by Gasteiger charge is 2.41. The highest BCUT2D eigenvalue weighted by molar-refractivity contribution is 5.98. The first-order valence-electron chi connectivity index (χ1n) is 11.4. The number of aromatic carboxylic acids is 1. The van der Waals surface area contributed by atoms with Gasteiger partial charge in [-0.05, 0) is 31.0 Å². The van der Waals surface area contributed by atoms with E-state index >= 15 is 0 Å². The van der Waals surface area contributed by atoms with Crippen LogP contribution in [0, 0.1) is 0 Å². The number of carboxylic acid groups (broad SMARTS) is 1. The third kappa shape index (κ3) is 3.17. The molecule has 1 aromatic carbocycles. The van der Waals surface area contributed by atoms with Crippen molar-refractivity contribution in [3.05, 3.63) is 47.8 Å². The fourth-order valence-electron chi connectivity index (χ4n) is 5.07. The van der Waals surface area contributed by atoms with Crippen LogP contribution in [-0.2, 0) is 9.47 Å². The Kier molecular flexibility index (Phi) is 4.66. The number of ether oxygens (including phenoxy) is 2. The van der Waals surface area contributed by atoms with Crippen LogP contribution in [0.25, 0.3) is 16.7 Å². The summed E-state index contributed by atoms with van der Waals surface area (Å²) in [6.07, 6.45) is 4.91. The van der Waals surface area contributed by atoms with Gasteiger partial charge in [-0.2, -0.15) is 5.10 Å². The molecule has 0 atom stereocenters. The number of hydrogen-bond acceptors (Lipinski definition) is 6. The SMILES string of the molecule is O=C(O)c1cc(N2CCC3(CC2)OCCO3)c2c(C3CCC3)nn(-c3ccccc3)c2n1. The molecule has 1 saturated carbocycles. The second kappa shape index (κ2) is 7.56. The monoisotopic (exact) mass is 434 g/mol. The van der Waals surface area contributed by atoms with Crippen molar-refractivity contribution in [2.45, 2.75) is 43.8 Å². The average molecular weight is 434 g/mol. The first-order valence-corrected chi connectivity index (χ1v) is 11.4. The first kappa shape index (κ1) is 19.7. The van der Waals surface area contributed by atoms with Gasteiger partial charge in [-0.15, -0.1) is 0 Å². The first-order chi connectivity index (χ1) is 15.6. The molecule has 3 fully saturated rings. The van der Waals surface area contributed by atoms with Crippen LogP contribution in [0.2, 0.25) is 0 Å². The number of anilines is 1. The van der Waals surface area contributed by atoms with Crippen LogP contribution >= 0.6 is 0 Å². The number of aromatic nitrogens is 3. The van der Waals surface area contributed by atoms with Gasteiger partial charge in [0.25, 0.3) is 0 Å². The quantitative estimate of drug-likeness (QED) is 0.669. The Balaban J connectivity index is 1.51. The zero-order chi connectivity index (χ0) is 21.7. The molecule has 0 unspecified atom stereocenters. The maximum atomic E-state index is 12.0. The zero-order valence-corrected chi connectivity index (χ0v) is 17.9. The topological polar surface area (TPSA) is 89.7 Å². The van der Waals surface area contributed by atoms with E-state index in [0.717, 1.165) is 61.2 Å². The number of piperidine rings is 1. The molecule has 166 valence electrons. The van der Waals surface area contributed by atoms with Gasteiger partial charge in [0.2, 0.25) is 0 Å². The Morgan fingerprint density at radius 2 is 1.81 bits per heavy atom. The highest BCUT2D eigenvalue weighted by Crippen LogP contribution is 2.44. The van der Waals surface area contributed by atoms with Gasteiger partial charge >= 0.3 is 5.97 Å². The van der Waals surface area contributed by atoms with E-state index in [2.05, 4.69) is 9.88 Å². The number of para-hydroxylation sites is 1. The molecule has 0 radical (unpaired) electrons. The lowest BCUT2D eigenvalue weighted by molar-refractivity contribution is -0.169. The van der Waals surface area contributed by atoms with Crippen LogP contribution in [0.15, 0.2) is 36.4 Å². The van der Waals surface area contributed by atoms with Crippen LogP contribution < -0.4 is 4.90 Å². The minimum Gasteiger partial charge on any atom is -0.477 e. The molecule has 3 aliphatic rings. The minimum absolute atomic E-state index is 0.0402. The molecule has 8 heteroatoms. The Hall–Kier alpha value is -2.97. The van der Waals surface area contributed by atoms with Crippen LogP contribution in [-0.4, -0.2) is 57.9 Å². The van der Waals surface area contributed by atoms with Gasteiger partial charge in [0, 0.05) is 31.8 Å². The van der Waals surface area contributed by atoms with Crippen molar-refractivity contribution in [2.75, 3.05) is 31.2 Å². The molecular formula is C24H26N4O4. The molecule has 6 rings (SSSR count). The van der Waals surface area contributed by atoms with E-state index in [9.17, 15) is 9.90 Å². The Morgan fingerprint density at radius 1 is 1.09 bits per heavy atom. The molecular weight excluding hydrogens is 408 g/mol. The second-order valence-electron chi connectivity index (χ2n) is 8.89. The van der Waals surface area contributed by atoms with Crippen molar-refractivity contribution in [1.82, 2.24) is 14.8 Å². The van der Waals surface area contributed by atoms with E-state index in [1.807, 2.05) is 35.0 Å². The summed E-state index contributed by atoms with van der Waals surface area (Å²) in [5.74, 6) is -1.13. The van der Waals surface area contributed by atoms with Crippen molar-refractivity contribution < 1.29 is 19.4 Å². The summed E-state index contributed by atoms with van der Waals surface area (Å²) in [5, 5.41) is 15.8. The molecule has 0 amide bonds. The lowest BCUT2D eigenvalue weighted by atomic mass is 9.82. The van der Waals surface area contributed by atoms with Gasteiger partial charge in [-0.1, -0.05) is 24.6 Å². The van der Waals surface area contributed by atoms with Crippen molar-refractivity contribution >= 4 is 22.7 Å². The maximum Gasteiger partial charge on any atom is 0.354 e. The molecule has 1 spiro atoms. The normalized spacial score (nSPS) is 20.7. The van der Waals surface area contributed by atoms with Gasteiger partial charge in [0.15, 0.2) is 17.1 Å². The predicted molar refractivity (Wildman–Crippen MR) is 118 cm³/mol. The summed E-state index contributed by atoms with van der Waals surface area (Å²) < 4.78 is 13.6. The van der Waals surface area contributed by atoms with E-state index in [4.69, 9.17) is 14.6 Å². The number of carboxylic acids is 1. The van der Waals surface area contributed by atoms with Gasteiger partial charge < -0.3 is 19.5 Å². The fraction of sp³-hybridized carbons (Fsp3) is 0.458. The van der Waals surface area contributed by atoms with E-state index in [1.165, 1.54) is 6.42 Å². The Labute approximate surface area is 185 Å². The van der Waals surface area contributed by atoms with Crippen molar-refractivity contribution in [3.63, 3.8) is 0 Å². The standard InChI is InChI=1S/C24H26N4O4/c29-23(30)18-15-19(27-11-9-24(10-12-27)31-13-14-32-24)20-21(16-5-4-6-16)26-28(22(20)25-18)17-7-2-1-3-8-17/h1-3,7-8,15-16H,4-6,9-14H2,(H,29,30). The summed E-state index contributed by atoms with van der Waals surface area (Å²) in [6, 6.07) is 11.5. The van der Waals surface area contributed by atoms with E-state index in [1.54, 1.807) is 6.07 Å². The summed E-state index contributed by atoms with van der Waals surface area (Å²) in [5.41, 5.74) is 3.47. The summed E-state index contributed by atoms with van der Waals surface area (Å²) >= 11 is 0. The van der Waals surface area contributed by atoms with Crippen molar-refractivity contribution in [2.24, 2.45) is 0 Å². The third-order valence-corrected chi connectivity index (χ3v) is 7.04. The van der Waals surface area contributed by atoms with E-state index in [-0.39, 0.29) is 5.69 Å². The molecule has 8 nitrogen and oxygen atoms in total. The zero-order valence-electron chi connectivity index (χ0n) is 17.9. The van der Waals surface area contributed by atoms with Crippen molar-refractivity contribution in [1.29, 1.82) is 0 Å². The van der Waals surface area contributed by atoms with E-state index < -0.39 is 11.8 Å². The molecule has 1 N–H and O–H groups in total. The molecule has 2 aliphatic heterocycles. The summed E-state index contributed by atoms with van der Waals surface area (Å²) in [4.78, 5) is 18.8. The summed E-state index contributed by atoms with van der Waals surface area (Å²) in [6.45, 7) is 2.74. The molecule has 32 heavy (non-hydrogen) atoms. The van der Waals surface area contributed by atoms with Gasteiger partial charge in [-0.3, -0.25) is 0 Å². The number of benzene rings is 1. The molecule has 0 bridgehead atoms. The van der Waals surface area contributed by atoms with Crippen molar-refractivity contribution in [3.8, 4) is 5.69 Å². The number of carbonyl (C=O) groups is 1. The van der Waals surface area contributed by atoms with E-state index in [0.29, 0.717) is 24.8 Å². The number of hydrogen-bond donors (Lipinski definition) is 1.